The van der Waals surface area contributed by atoms with Gasteiger partial charge in [0.15, 0.2) is 0 Å². The van der Waals surface area contributed by atoms with Gasteiger partial charge in [0.1, 0.15) is 5.75 Å². The summed E-state index contributed by atoms with van der Waals surface area (Å²) in [4.78, 5) is 4.41. The Hall–Kier alpha value is -1.88. The smallest absolute Gasteiger partial charge is 0.227 e. The average molecular weight is 273 g/mol. The van der Waals surface area contributed by atoms with Crippen molar-refractivity contribution in [2.24, 2.45) is 0 Å². The first kappa shape index (κ1) is 13.1. The van der Waals surface area contributed by atoms with E-state index in [0.29, 0.717) is 17.8 Å². The van der Waals surface area contributed by atoms with Crippen molar-refractivity contribution in [3.8, 4) is 17.1 Å². The zero-order valence-corrected chi connectivity index (χ0v) is 11.4. The maximum atomic E-state index is 9.27. The summed E-state index contributed by atoms with van der Waals surface area (Å²) < 4.78 is 5.29. The van der Waals surface area contributed by atoms with E-state index in [0.717, 1.165) is 24.9 Å². The molecule has 2 heterocycles. The Labute approximate surface area is 118 Å². The second-order valence-corrected chi connectivity index (χ2v) is 5.24. The molecule has 1 fully saturated rings. The van der Waals surface area contributed by atoms with E-state index in [4.69, 9.17) is 4.52 Å². The van der Waals surface area contributed by atoms with Gasteiger partial charge < -0.3 is 14.9 Å². The topological polar surface area (TPSA) is 71.2 Å². The summed E-state index contributed by atoms with van der Waals surface area (Å²) in [6.45, 7) is 1.12. The van der Waals surface area contributed by atoms with Gasteiger partial charge in [-0.3, -0.25) is 0 Å². The molecule has 1 aliphatic heterocycles. The molecule has 1 atom stereocenters. The standard InChI is InChI=1S/C15H19N3O2/c19-13-7-4-11(5-8-13)15-17-14(20-18-15)9-6-12-3-1-2-10-16-12/h4-5,7-8,12,16,19H,1-3,6,9-10H2. The molecule has 1 saturated heterocycles. The molecule has 1 unspecified atom stereocenters. The number of rotatable bonds is 4. The SMILES string of the molecule is Oc1ccc(-c2noc(CCC3CCCCN3)n2)cc1. The molecule has 1 aromatic carbocycles. The zero-order chi connectivity index (χ0) is 13.8. The minimum absolute atomic E-state index is 0.237. The number of hydrogen-bond donors (Lipinski definition) is 2. The van der Waals surface area contributed by atoms with E-state index >= 15 is 0 Å². The fourth-order valence-electron chi connectivity index (χ4n) is 2.55. The van der Waals surface area contributed by atoms with Gasteiger partial charge in [-0.1, -0.05) is 11.6 Å². The highest BCUT2D eigenvalue weighted by Gasteiger charge is 2.15. The molecule has 2 aromatic rings. The van der Waals surface area contributed by atoms with Crippen molar-refractivity contribution in [2.75, 3.05) is 6.54 Å². The number of piperidine rings is 1. The van der Waals surface area contributed by atoms with E-state index in [9.17, 15) is 5.11 Å². The van der Waals surface area contributed by atoms with Crippen LogP contribution in [0.25, 0.3) is 11.4 Å². The van der Waals surface area contributed by atoms with Crippen LogP contribution >= 0.6 is 0 Å². The van der Waals surface area contributed by atoms with Crippen LogP contribution in [0.3, 0.4) is 0 Å². The fourth-order valence-corrected chi connectivity index (χ4v) is 2.55. The summed E-state index contributed by atoms with van der Waals surface area (Å²) >= 11 is 0. The van der Waals surface area contributed by atoms with Crippen molar-refractivity contribution in [3.63, 3.8) is 0 Å². The van der Waals surface area contributed by atoms with Gasteiger partial charge in [-0.05, 0) is 50.1 Å². The molecule has 0 bridgehead atoms. The van der Waals surface area contributed by atoms with Crippen molar-refractivity contribution in [2.45, 2.75) is 38.1 Å². The average Bonchev–Trinajstić information content (AvgIpc) is 2.96. The maximum absolute atomic E-state index is 9.27. The Morgan fingerprint density at radius 3 is 2.85 bits per heavy atom. The fraction of sp³-hybridized carbons (Fsp3) is 0.467. The van der Waals surface area contributed by atoms with Crippen LogP contribution in [0.5, 0.6) is 5.75 Å². The van der Waals surface area contributed by atoms with Crippen molar-refractivity contribution in [1.29, 1.82) is 0 Å². The number of nitrogens with one attached hydrogen (secondary N) is 1. The summed E-state index contributed by atoms with van der Waals surface area (Å²) in [6, 6.07) is 7.39. The Kier molecular flexibility index (Phi) is 3.97. The van der Waals surface area contributed by atoms with Gasteiger partial charge in [0.05, 0.1) is 0 Å². The number of phenols is 1. The van der Waals surface area contributed by atoms with Gasteiger partial charge in [0.2, 0.25) is 11.7 Å². The van der Waals surface area contributed by atoms with E-state index in [1.54, 1.807) is 24.3 Å². The Morgan fingerprint density at radius 1 is 1.25 bits per heavy atom. The second-order valence-electron chi connectivity index (χ2n) is 5.24. The highest BCUT2D eigenvalue weighted by Crippen LogP contribution is 2.20. The minimum atomic E-state index is 0.237. The van der Waals surface area contributed by atoms with E-state index in [1.165, 1.54) is 19.3 Å². The number of aromatic nitrogens is 2. The van der Waals surface area contributed by atoms with Crippen LogP contribution in [0.2, 0.25) is 0 Å². The predicted molar refractivity (Wildman–Crippen MR) is 75.4 cm³/mol. The van der Waals surface area contributed by atoms with Crippen LogP contribution in [0.1, 0.15) is 31.6 Å². The quantitative estimate of drug-likeness (QED) is 0.895. The van der Waals surface area contributed by atoms with Crippen LogP contribution in [0.15, 0.2) is 28.8 Å². The number of hydrogen-bond acceptors (Lipinski definition) is 5. The molecular formula is C15H19N3O2. The highest BCUT2D eigenvalue weighted by molar-refractivity contribution is 5.55. The number of aryl methyl sites for hydroxylation is 1. The molecule has 20 heavy (non-hydrogen) atoms. The van der Waals surface area contributed by atoms with Crippen molar-refractivity contribution >= 4 is 0 Å². The first-order valence-corrected chi connectivity index (χ1v) is 7.16. The third-order valence-electron chi connectivity index (χ3n) is 3.71. The van der Waals surface area contributed by atoms with Gasteiger partial charge in [0.25, 0.3) is 0 Å². The number of nitrogens with zero attached hydrogens (tertiary/aromatic N) is 2. The van der Waals surface area contributed by atoms with Crippen LogP contribution in [0.4, 0.5) is 0 Å². The predicted octanol–water partition coefficient (Wildman–Crippen LogP) is 2.52. The minimum Gasteiger partial charge on any atom is -0.508 e. The lowest BCUT2D eigenvalue weighted by atomic mass is 10.0. The van der Waals surface area contributed by atoms with Crippen LogP contribution in [-0.4, -0.2) is 27.8 Å². The van der Waals surface area contributed by atoms with Crippen LogP contribution < -0.4 is 5.32 Å². The lowest BCUT2D eigenvalue weighted by Gasteiger charge is -2.22. The van der Waals surface area contributed by atoms with Gasteiger partial charge in [-0.2, -0.15) is 4.98 Å². The third kappa shape index (κ3) is 3.17. The molecule has 0 radical (unpaired) electrons. The summed E-state index contributed by atoms with van der Waals surface area (Å²) in [5.74, 6) is 1.50. The second kappa shape index (κ2) is 6.05. The molecule has 1 aliphatic rings. The molecular weight excluding hydrogens is 254 g/mol. The summed E-state index contributed by atoms with van der Waals surface area (Å²) in [7, 11) is 0. The molecule has 5 heteroatoms. The van der Waals surface area contributed by atoms with E-state index in [-0.39, 0.29) is 5.75 Å². The number of aromatic hydroxyl groups is 1. The molecule has 2 N–H and O–H groups in total. The van der Waals surface area contributed by atoms with Crippen molar-refractivity contribution in [3.05, 3.63) is 30.2 Å². The van der Waals surface area contributed by atoms with Crippen LogP contribution in [-0.2, 0) is 6.42 Å². The van der Waals surface area contributed by atoms with Gasteiger partial charge >= 0.3 is 0 Å². The molecule has 3 rings (SSSR count). The van der Waals surface area contributed by atoms with Gasteiger partial charge in [0, 0.05) is 18.0 Å². The largest absolute Gasteiger partial charge is 0.508 e. The molecule has 1 aromatic heterocycles. The number of phenolic OH excluding ortho intramolecular Hbond substituents is 1. The molecule has 0 spiro atoms. The molecule has 0 aliphatic carbocycles. The Morgan fingerprint density at radius 2 is 2.10 bits per heavy atom. The Bertz CT molecular complexity index is 545. The van der Waals surface area contributed by atoms with Crippen molar-refractivity contribution in [1.82, 2.24) is 15.5 Å². The maximum Gasteiger partial charge on any atom is 0.227 e. The first-order chi connectivity index (χ1) is 9.81. The normalized spacial score (nSPS) is 19.1. The monoisotopic (exact) mass is 273 g/mol. The lowest BCUT2D eigenvalue weighted by Crippen LogP contribution is -2.34. The number of benzene rings is 1. The molecule has 106 valence electrons. The van der Waals surface area contributed by atoms with Crippen LogP contribution in [0, 0.1) is 0 Å². The summed E-state index contributed by atoms with van der Waals surface area (Å²) in [5.41, 5.74) is 0.855. The first-order valence-electron chi connectivity index (χ1n) is 7.16. The Balaban J connectivity index is 1.60. The van der Waals surface area contributed by atoms with Gasteiger partial charge in [-0.15, -0.1) is 0 Å². The lowest BCUT2D eigenvalue weighted by molar-refractivity contribution is 0.342. The summed E-state index contributed by atoms with van der Waals surface area (Å²) in [6.07, 6.45) is 5.67. The zero-order valence-electron chi connectivity index (χ0n) is 11.4. The third-order valence-corrected chi connectivity index (χ3v) is 3.71. The van der Waals surface area contributed by atoms with E-state index in [1.807, 2.05) is 0 Å². The van der Waals surface area contributed by atoms with E-state index < -0.39 is 0 Å². The summed E-state index contributed by atoms with van der Waals surface area (Å²) in [5, 5.41) is 16.8. The molecule has 0 amide bonds. The molecule has 5 nitrogen and oxygen atoms in total. The van der Waals surface area contributed by atoms with E-state index in [2.05, 4.69) is 15.5 Å². The highest BCUT2D eigenvalue weighted by atomic mass is 16.5. The van der Waals surface area contributed by atoms with Gasteiger partial charge in [-0.25, -0.2) is 0 Å². The molecule has 0 saturated carbocycles. The van der Waals surface area contributed by atoms with Crippen molar-refractivity contribution < 1.29 is 9.63 Å².